The minimum atomic E-state index is -0.187. The summed E-state index contributed by atoms with van der Waals surface area (Å²) in [6.45, 7) is 33.9. The van der Waals surface area contributed by atoms with E-state index in [0.29, 0.717) is 67.0 Å². The molecule has 1 aliphatic carbocycles. The highest BCUT2D eigenvalue weighted by atomic mass is 79.9. The number of ether oxygens (including phenoxy) is 3. The molecule has 3 N–H and O–H groups in total. The lowest BCUT2D eigenvalue weighted by Crippen LogP contribution is -3.00. The first kappa shape index (κ1) is 64.9. The van der Waals surface area contributed by atoms with E-state index in [-0.39, 0.29) is 75.2 Å². The molecule has 3 aromatic rings. The van der Waals surface area contributed by atoms with Crippen LogP contribution in [0.25, 0.3) is 10.9 Å². The molecule has 12 nitrogen and oxygen atoms in total. The number of pyridine rings is 1. The number of aryl methyl sites for hydroxylation is 1. The summed E-state index contributed by atoms with van der Waals surface area (Å²) in [4.78, 5) is 31.8. The normalized spacial score (nSPS) is 12.3. The number of aromatic nitrogens is 1. The van der Waals surface area contributed by atoms with Crippen molar-refractivity contribution < 1.29 is 88.2 Å². The van der Waals surface area contributed by atoms with E-state index in [9.17, 15) is 9.59 Å². The number of likely N-dealkylation sites (N-methyl/N-ethyl adjacent to an activating group) is 3. The van der Waals surface area contributed by atoms with Gasteiger partial charge in [0.25, 0.3) is 5.91 Å². The largest absolute Gasteiger partial charge is 1.00 e. The van der Waals surface area contributed by atoms with Gasteiger partial charge in [0.15, 0.2) is 11.5 Å². The number of fused-ring (bicyclic) bond motifs is 2. The molecule has 17 heteroatoms. The second-order valence-electron chi connectivity index (χ2n) is 17.4. The topological polar surface area (TPSA) is 111 Å². The van der Waals surface area contributed by atoms with Gasteiger partial charge in [0, 0.05) is 34.6 Å². The minimum absolute atomic E-state index is 0. The molecule has 1 heterocycles. The molecule has 0 unspecified atom stereocenters. The molecule has 2 amide bonds. The summed E-state index contributed by atoms with van der Waals surface area (Å²) in [7, 11) is 0. The average Bonchev–Trinajstić information content (AvgIpc) is 3.31. The Morgan fingerprint density at radius 1 is 0.657 bits per heavy atom. The van der Waals surface area contributed by atoms with Gasteiger partial charge in [0.1, 0.15) is 39.5 Å². The summed E-state index contributed by atoms with van der Waals surface area (Å²) < 4.78 is 22.8. The van der Waals surface area contributed by atoms with Crippen molar-refractivity contribution in [2.45, 2.75) is 114 Å². The van der Waals surface area contributed by atoms with E-state index in [4.69, 9.17) is 30.8 Å². The SMILES string of the molecule is CC[N+](CC)(CC)CCOc1cc(C(=O)NCCCCCC(=O)NNc2c3c(nc4cc(Cl)ccc24)CCCC3)cc(OCC[N+](CC)(CC)CC)c1OCC[N+](CC)(CC)CC.Cl.[Br-].[Br-].[Br-]. The molecule has 0 radical (unpaired) electrons. The zero-order valence-corrected chi connectivity index (χ0v) is 48.4. The zero-order chi connectivity index (χ0) is 45.9. The van der Waals surface area contributed by atoms with Crippen molar-refractivity contribution in [3.8, 4) is 17.2 Å². The number of hydrogen-bond donors (Lipinski definition) is 3. The van der Waals surface area contributed by atoms with Gasteiger partial charge >= 0.3 is 0 Å². The van der Waals surface area contributed by atoms with Crippen molar-refractivity contribution in [2.24, 2.45) is 0 Å². The third kappa shape index (κ3) is 18.2. The molecule has 67 heavy (non-hydrogen) atoms. The van der Waals surface area contributed by atoms with Crippen LogP contribution >= 0.6 is 24.0 Å². The van der Waals surface area contributed by atoms with Crippen LogP contribution in [0.1, 0.15) is 122 Å². The lowest BCUT2D eigenvalue weighted by atomic mass is 9.93. The number of quaternary nitrogens is 3. The molecule has 0 saturated carbocycles. The predicted molar refractivity (Wildman–Crippen MR) is 266 cm³/mol. The summed E-state index contributed by atoms with van der Waals surface area (Å²) in [6.07, 6.45) is 6.66. The van der Waals surface area contributed by atoms with Crippen LogP contribution in [0.2, 0.25) is 5.02 Å². The highest BCUT2D eigenvalue weighted by molar-refractivity contribution is 6.31. The van der Waals surface area contributed by atoms with E-state index in [2.05, 4.69) is 78.5 Å². The third-order valence-corrected chi connectivity index (χ3v) is 14.9. The Hall–Kier alpha value is -2.11. The zero-order valence-electron chi connectivity index (χ0n) is 42.1. The summed E-state index contributed by atoms with van der Waals surface area (Å²) in [5.74, 6) is 1.41. The molecular formula is C50H84Br3Cl2N7O5. The fourth-order valence-electron chi connectivity index (χ4n) is 9.17. The molecule has 384 valence electrons. The van der Waals surface area contributed by atoms with Crippen LogP contribution in [-0.4, -0.2) is 135 Å². The maximum absolute atomic E-state index is 13.9. The molecule has 0 spiro atoms. The Morgan fingerprint density at radius 3 is 1.66 bits per heavy atom. The second kappa shape index (κ2) is 32.7. The molecule has 0 aliphatic heterocycles. The van der Waals surface area contributed by atoms with Gasteiger partial charge in [-0.25, -0.2) is 0 Å². The number of amides is 2. The van der Waals surface area contributed by atoms with Crippen LogP contribution in [0.3, 0.4) is 0 Å². The smallest absolute Gasteiger partial charge is 0.251 e. The lowest BCUT2D eigenvalue weighted by molar-refractivity contribution is -0.923. The van der Waals surface area contributed by atoms with Gasteiger partial charge in [0.05, 0.1) is 70.1 Å². The number of anilines is 1. The number of hydrogen-bond acceptors (Lipinski definition) is 7. The van der Waals surface area contributed by atoms with Crippen LogP contribution in [0.15, 0.2) is 30.3 Å². The quantitative estimate of drug-likeness (QED) is 0.0505. The van der Waals surface area contributed by atoms with Crippen molar-refractivity contribution >= 4 is 52.4 Å². The lowest BCUT2D eigenvalue weighted by Gasteiger charge is -2.36. The standard InChI is InChI=1S/C50H81ClN7O5.3BrH.ClH/c1-10-56(11-2,12-3)30-33-61-45-36-39(37-46(62-34-31-57(13-4,14-5)15-6)49(45)63-35-32-58(16-7,17-8)18-9)50(60)52-29-23-19-20-26-47(59)54-55-48-41-24-21-22-25-43(41)53-44-38-40(51)27-28-42(44)48;;;;/h27-28,36-38H,10-26,29-35H2,1-9H3,(H-2,52,53,54,55,59,60);4*1H/q+1;;;;/p-1. The Morgan fingerprint density at radius 2 is 1.15 bits per heavy atom. The number of carbonyl (C=O) groups excluding carboxylic acids is 2. The van der Waals surface area contributed by atoms with Gasteiger partial charge < -0.3 is 83.9 Å². The highest BCUT2D eigenvalue weighted by Gasteiger charge is 2.27. The Bertz CT molecular complexity index is 1850. The number of benzene rings is 2. The van der Waals surface area contributed by atoms with Gasteiger partial charge in [0.2, 0.25) is 11.7 Å². The number of hydrazine groups is 1. The Balaban J connectivity index is 0.0000109. The van der Waals surface area contributed by atoms with Gasteiger partial charge in [-0.2, -0.15) is 0 Å². The number of carbonyl (C=O) groups is 2. The molecular weight excluding hydrogens is 1090 g/mol. The molecule has 0 fully saturated rings. The summed E-state index contributed by atoms with van der Waals surface area (Å²) in [5.41, 5.74) is 10.7. The fraction of sp³-hybridized carbons (Fsp3) is 0.660. The molecule has 2 aromatic carbocycles. The van der Waals surface area contributed by atoms with Crippen LogP contribution in [0, 0.1) is 0 Å². The van der Waals surface area contributed by atoms with E-state index in [1.54, 1.807) is 0 Å². The third-order valence-electron chi connectivity index (χ3n) is 14.7. The predicted octanol–water partition coefficient (Wildman–Crippen LogP) is 0.400. The number of halogens is 5. The average molecular weight is 1170 g/mol. The van der Waals surface area contributed by atoms with Gasteiger partial charge in [-0.05, 0) is 137 Å². The van der Waals surface area contributed by atoms with Gasteiger partial charge in [-0.15, -0.1) is 12.4 Å². The maximum Gasteiger partial charge on any atom is 0.251 e. The number of rotatable bonds is 30. The van der Waals surface area contributed by atoms with E-state index in [1.165, 1.54) is 5.56 Å². The number of unbranched alkanes of at least 4 members (excludes halogenated alkanes) is 2. The van der Waals surface area contributed by atoms with E-state index in [0.717, 1.165) is 153 Å². The van der Waals surface area contributed by atoms with Crippen molar-refractivity contribution in [3.63, 3.8) is 0 Å². The Kier molecular flexibility index (Phi) is 31.7. The first-order chi connectivity index (χ1) is 30.4. The number of nitrogens with one attached hydrogen (secondary N) is 3. The first-order valence-corrected chi connectivity index (χ1v) is 24.9. The van der Waals surface area contributed by atoms with Crippen LogP contribution < -0.4 is 81.3 Å². The monoisotopic (exact) mass is 1170 g/mol. The van der Waals surface area contributed by atoms with Crippen molar-refractivity contribution in [2.75, 3.05) is 110 Å². The van der Waals surface area contributed by atoms with Crippen molar-refractivity contribution in [3.05, 3.63) is 52.2 Å². The second-order valence-corrected chi connectivity index (χ2v) is 17.8. The number of nitrogens with zero attached hydrogens (tertiary/aromatic N) is 4. The summed E-state index contributed by atoms with van der Waals surface area (Å²) >= 11 is 6.29. The maximum atomic E-state index is 13.9. The fourth-order valence-corrected chi connectivity index (χ4v) is 9.33. The summed E-state index contributed by atoms with van der Waals surface area (Å²) in [6, 6.07) is 9.37. The van der Waals surface area contributed by atoms with E-state index < -0.39 is 0 Å². The van der Waals surface area contributed by atoms with Gasteiger partial charge in [-0.1, -0.05) is 18.0 Å². The molecule has 0 bridgehead atoms. The van der Waals surface area contributed by atoms with Crippen LogP contribution in [0.5, 0.6) is 17.2 Å². The van der Waals surface area contributed by atoms with Crippen LogP contribution in [-0.2, 0) is 17.6 Å². The van der Waals surface area contributed by atoms with Gasteiger partial charge in [-0.3, -0.25) is 25.4 Å². The highest BCUT2D eigenvalue weighted by Crippen LogP contribution is 2.40. The molecule has 4 rings (SSSR count). The summed E-state index contributed by atoms with van der Waals surface area (Å²) in [5, 5.41) is 4.73. The van der Waals surface area contributed by atoms with Crippen LogP contribution in [0.4, 0.5) is 5.69 Å². The van der Waals surface area contributed by atoms with Crippen molar-refractivity contribution in [1.29, 1.82) is 0 Å². The van der Waals surface area contributed by atoms with Crippen molar-refractivity contribution in [1.82, 2.24) is 15.7 Å². The Labute approximate surface area is 446 Å². The molecule has 1 aliphatic rings. The van der Waals surface area contributed by atoms with E-state index >= 15 is 0 Å². The minimum Gasteiger partial charge on any atom is -1.00 e. The molecule has 0 saturated heterocycles. The van der Waals surface area contributed by atoms with E-state index in [1.807, 2.05) is 30.3 Å². The first-order valence-electron chi connectivity index (χ1n) is 24.5. The molecule has 0 atom stereocenters. The molecule has 1 aromatic heterocycles.